The van der Waals surface area contributed by atoms with Crippen molar-refractivity contribution in [3.05, 3.63) is 81.8 Å². The Bertz CT molecular complexity index is 1270. The number of carbonyl (C=O) groups is 1. The molecule has 1 amide bonds. The van der Waals surface area contributed by atoms with E-state index in [1.807, 2.05) is 52.7 Å². The minimum absolute atomic E-state index is 0.0364. The molecule has 0 unspecified atom stereocenters. The predicted molar refractivity (Wildman–Crippen MR) is 123 cm³/mol. The standard InChI is InChI=1S/C24H20N2O4S/c27-20-14-21(26-10-12-29-13-11-26)30-22-19(15-31-23(20)22)16-6-8-18(9-7-16)25-24(28)17-4-2-1-3-5-17/h1-9,14-15H,10-13H2,(H,25,28). The highest BCUT2D eigenvalue weighted by atomic mass is 32.1. The van der Waals surface area contributed by atoms with Gasteiger partial charge in [0.25, 0.3) is 5.91 Å². The van der Waals surface area contributed by atoms with Gasteiger partial charge in [0, 0.05) is 41.4 Å². The summed E-state index contributed by atoms with van der Waals surface area (Å²) < 4.78 is 12.2. The van der Waals surface area contributed by atoms with Crippen LogP contribution in [0.5, 0.6) is 0 Å². The number of hydrogen-bond acceptors (Lipinski definition) is 6. The highest BCUT2D eigenvalue weighted by Gasteiger charge is 2.18. The van der Waals surface area contributed by atoms with Crippen molar-refractivity contribution in [2.45, 2.75) is 0 Å². The van der Waals surface area contributed by atoms with Gasteiger partial charge in [-0.3, -0.25) is 9.59 Å². The number of benzene rings is 2. The van der Waals surface area contributed by atoms with Gasteiger partial charge >= 0.3 is 0 Å². The first-order valence-corrected chi connectivity index (χ1v) is 10.9. The molecule has 6 nitrogen and oxygen atoms in total. The van der Waals surface area contributed by atoms with E-state index in [2.05, 4.69) is 5.32 Å². The minimum Gasteiger partial charge on any atom is -0.439 e. The van der Waals surface area contributed by atoms with Crippen molar-refractivity contribution in [3.8, 4) is 11.1 Å². The Morgan fingerprint density at radius 3 is 2.48 bits per heavy atom. The first kappa shape index (κ1) is 19.5. The molecule has 31 heavy (non-hydrogen) atoms. The van der Waals surface area contributed by atoms with Crippen molar-refractivity contribution >= 4 is 39.1 Å². The largest absolute Gasteiger partial charge is 0.439 e. The van der Waals surface area contributed by atoms with Gasteiger partial charge in [-0.05, 0) is 29.8 Å². The summed E-state index contributed by atoms with van der Waals surface area (Å²) in [5.74, 6) is 0.419. The molecule has 0 aliphatic carbocycles. The first-order valence-electron chi connectivity index (χ1n) is 10.0. The van der Waals surface area contributed by atoms with Crippen LogP contribution in [0.4, 0.5) is 11.6 Å². The van der Waals surface area contributed by atoms with Crippen LogP contribution < -0.4 is 15.6 Å². The molecule has 7 heteroatoms. The predicted octanol–water partition coefficient (Wildman–Crippen LogP) is 4.61. The minimum atomic E-state index is -0.157. The Hall–Kier alpha value is -3.42. The molecule has 0 saturated carbocycles. The number of amides is 1. The van der Waals surface area contributed by atoms with E-state index in [-0.39, 0.29) is 11.3 Å². The highest BCUT2D eigenvalue weighted by Crippen LogP contribution is 2.35. The van der Waals surface area contributed by atoms with E-state index in [1.54, 1.807) is 18.2 Å². The summed E-state index contributed by atoms with van der Waals surface area (Å²) >= 11 is 1.38. The number of ether oxygens (including phenoxy) is 1. The second-order valence-corrected chi connectivity index (χ2v) is 8.13. The molecule has 2 aromatic heterocycles. The molecule has 156 valence electrons. The number of nitrogens with zero attached hydrogens (tertiary/aromatic N) is 1. The molecule has 0 atom stereocenters. The molecule has 1 aliphatic rings. The van der Waals surface area contributed by atoms with E-state index in [1.165, 1.54) is 11.3 Å². The third kappa shape index (κ3) is 3.97. The molecule has 0 spiro atoms. The van der Waals surface area contributed by atoms with Gasteiger partial charge in [-0.1, -0.05) is 30.3 Å². The Morgan fingerprint density at radius 2 is 1.74 bits per heavy atom. The first-order chi connectivity index (χ1) is 15.2. The molecule has 1 saturated heterocycles. The topological polar surface area (TPSA) is 71.8 Å². The lowest BCUT2D eigenvalue weighted by molar-refractivity contribution is 0.102. The fourth-order valence-corrected chi connectivity index (χ4v) is 4.51. The fraction of sp³-hybridized carbons (Fsp3) is 0.167. The quantitative estimate of drug-likeness (QED) is 0.510. The maximum atomic E-state index is 12.6. The molecule has 4 aromatic rings. The fourth-order valence-electron chi connectivity index (χ4n) is 3.59. The van der Waals surface area contributed by atoms with Crippen LogP contribution in [-0.4, -0.2) is 32.2 Å². The van der Waals surface area contributed by atoms with E-state index in [4.69, 9.17) is 9.15 Å². The molecular weight excluding hydrogens is 412 g/mol. The number of morpholine rings is 1. The number of anilines is 2. The van der Waals surface area contributed by atoms with Crippen molar-refractivity contribution in [2.24, 2.45) is 0 Å². The van der Waals surface area contributed by atoms with Gasteiger partial charge in [0.1, 0.15) is 4.70 Å². The third-order valence-electron chi connectivity index (χ3n) is 5.24. The molecular formula is C24H20N2O4S. The zero-order valence-corrected chi connectivity index (χ0v) is 17.5. The van der Waals surface area contributed by atoms with E-state index in [0.717, 1.165) is 11.1 Å². The lowest BCUT2D eigenvalue weighted by Gasteiger charge is -2.27. The summed E-state index contributed by atoms with van der Waals surface area (Å²) in [4.78, 5) is 27.0. The normalized spacial score (nSPS) is 14.0. The average molecular weight is 433 g/mol. The Labute approximate surface area is 182 Å². The van der Waals surface area contributed by atoms with E-state index < -0.39 is 0 Å². The zero-order chi connectivity index (χ0) is 21.2. The number of nitrogens with one attached hydrogen (secondary N) is 1. The van der Waals surface area contributed by atoms with Gasteiger partial charge in [0.15, 0.2) is 11.5 Å². The van der Waals surface area contributed by atoms with Crippen LogP contribution >= 0.6 is 11.3 Å². The summed E-state index contributed by atoms with van der Waals surface area (Å²) in [6.45, 7) is 2.64. The number of rotatable bonds is 4. The second kappa shape index (κ2) is 8.37. The number of hydrogen-bond donors (Lipinski definition) is 1. The molecule has 2 aromatic carbocycles. The number of thiophene rings is 1. The van der Waals surface area contributed by atoms with Gasteiger partial charge in [0.2, 0.25) is 5.43 Å². The molecule has 0 radical (unpaired) electrons. The molecule has 1 aliphatic heterocycles. The molecule has 1 N–H and O–H groups in total. The van der Waals surface area contributed by atoms with Gasteiger partial charge in [-0.15, -0.1) is 11.3 Å². The molecule has 5 rings (SSSR count). The Morgan fingerprint density at radius 1 is 1.00 bits per heavy atom. The maximum absolute atomic E-state index is 12.6. The molecule has 1 fully saturated rings. The van der Waals surface area contributed by atoms with Crippen LogP contribution in [0.25, 0.3) is 21.4 Å². The summed E-state index contributed by atoms with van der Waals surface area (Å²) in [6.07, 6.45) is 0. The summed E-state index contributed by atoms with van der Waals surface area (Å²) in [5.41, 5.74) is 3.66. The van der Waals surface area contributed by atoms with Gasteiger partial charge in [-0.2, -0.15) is 0 Å². The summed E-state index contributed by atoms with van der Waals surface area (Å²) in [5, 5.41) is 4.84. The van der Waals surface area contributed by atoms with Crippen molar-refractivity contribution in [1.82, 2.24) is 0 Å². The van der Waals surface area contributed by atoms with Crippen molar-refractivity contribution < 1.29 is 13.9 Å². The second-order valence-electron chi connectivity index (χ2n) is 7.25. The Balaban J connectivity index is 1.43. The van der Waals surface area contributed by atoms with E-state index in [0.29, 0.717) is 53.7 Å². The molecule has 3 heterocycles. The Kier molecular flexibility index (Phi) is 5.28. The van der Waals surface area contributed by atoms with E-state index in [9.17, 15) is 9.59 Å². The monoisotopic (exact) mass is 432 g/mol. The van der Waals surface area contributed by atoms with Crippen LogP contribution in [0.1, 0.15) is 10.4 Å². The number of fused-ring (bicyclic) bond motifs is 1. The lowest BCUT2D eigenvalue weighted by Crippen LogP contribution is -2.36. The zero-order valence-electron chi connectivity index (χ0n) is 16.7. The third-order valence-corrected chi connectivity index (χ3v) is 6.22. The summed E-state index contributed by atoms with van der Waals surface area (Å²) in [6, 6.07) is 18.2. The van der Waals surface area contributed by atoms with E-state index >= 15 is 0 Å². The van der Waals surface area contributed by atoms with Gasteiger partial charge in [0.05, 0.1) is 13.2 Å². The SMILES string of the molecule is O=C(Nc1ccc(-c2csc3c(=O)cc(N4CCOCC4)oc23)cc1)c1ccccc1. The van der Waals surface area contributed by atoms with Crippen molar-refractivity contribution in [1.29, 1.82) is 0 Å². The van der Waals surface area contributed by atoms with Crippen LogP contribution in [0.15, 0.2) is 75.3 Å². The maximum Gasteiger partial charge on any atom is 0.255 e. The smallest absolute Gasteiger partial charge is 0.255 e. The highest BCUT2D eigenvalue weighted by molar-refractivity contribution is 7.17. The molecule has 0 bridgehead atoms. The van der Waals surface area contributed by atoms with Crippen LogP contribution in [0, 0.1) is 0 Å². The summed E-state index contributed by atoms with van der Waals surface area (Å²) in [7, 11) is 0. The van der Waals surface area contributed by atoms with Crippen molar-refractivity contribution in [2.75, 3.05) is 36.5 Å². The van der Waals surface area contributed by atoms with Crippen molar-refractivity contribution in [3.63, 3.8) is 0 Å². The van der Waals surface area contributed by atoms with Crippen LogP contribution in [0.3, 0.4) is 0 Å². The average Bonchev–Trinajstić information content (AvgIpc) is 3.25. The van der Waals surface area contributed by atoms with Crippen LogP contribution in [0.2, 0.25) is 0 Å². The van der Waals surface area contributed by atoms with Crippen LogP contribution in [-0.2, 0) is 4.74 Å². The van der Waals surface area contributed by atoms with Gasteiger partial charge < -0.3 is 19.4 Å². The lowest BCUT2D eigenvalue weighted by atomic mass is 10.1. The van der Waals surface area contributed by atoms with Gasteiger partial charge in [-0.25, -0.2) is 0 Å². The number of carbonyl (C=O) groups excluding carboxylic acids is 1.